The summed E-state index contributed by atoms with van der Waals surface area (Å²) in [6.07, 6.45) is 10.1. The van der Waals surface area contributed by atoms with Gasteiger partial charge in [0.05, 0.1) is 0 Å². The van der Waals surface area contributed by atoms with Gasteiger partial charge in [-0.2, -0.15) is 0 Å². The van der Waals surface area contributed by atoms with E-state index in [0.29, 0.717) is 11.8 Å². The molecule has 7 unspecified atom stereocenters. The summed E-state index contributed by atoms with van der Waals surface area (Å²) in [5, 5.41) is 0. The van der Waals surface area contributed by atoms with Crippen LogP contribution in [0.1, 0.15) is 60.3 Å². The zero-order chi connectivity index (χ0) is 16.1. The molecule has 0 aliphatic heterocycles. The van der Waals surface area contributed by atoms with Crippen LogP contribution < -0.4 is 0 Å². The Hall–Kier alpha value is -1.03. The van der Waals surface area contributed by atoms with Crippen LogP contribution in [0, 0.1) is 42.1 Å². The fourth-order valence-corrected chi connectivity index (χ4v) is 6.03. The van der Waals surface area contributed by atoms with Crippen molar-refractivity contribution in [3.05, 3.63) is 28.1 Å². The summed E-state index contributed by atoms with van der Waals surface area (Å²) in [4.78, 5) is 4.38. The normalized spacial score (nSPS) is 47.0. The molecule has 0 saturated heterocycles. The first-order valence-electron chi connectivity index (χ1n) is 9.11. The molecule has 1 nitrogen and oxygen atoms in total. The van der Waals surface area contributed by atoms with E-state index in [1.54, 1.807) is 5.57 Å². The van der Waals surface area contributed by atoms with Crippen LogP contribution >= 0.6 is 0 Å². The second-order valence-corrected chi connectivity index (χ2v) is 8.70. The van der Waals surface area contributed by atoms with Crippen molar-refractivity contribution in [1.29, 1.82) is 0 Å². The molecular weight excluding hydrogens is 266 g/mol. The highest BCUT2D eigenvalue weighted by atomic mass is 14.8. The van der Waals surface area contributed by atoms with Gasteiger partial charge >= 0.3 is 0 Å². The zero-order valence-corrected chi connectivity index (χ0v) is 15.0. The summed E-state index contributed by atoms with van der Waals surface area (Å²) in [6, 6.07) is 0. The molecule has 1 heteroatoms. The van der Waals surface area contributed by atoms with Gasteiger partial charge in [0.15, 0.2) is 0 Å². The third kappa shape index (κ3) is 2.36. The van der Waals surface area contributed by atoms with Crippen LogP contribution in [0.15, 0.2) is 23.3 Å². The van der Waals surface area contributed by atoms with Gasteiger partial charge in [-0.25, -0.2) is 0 Å². The molecule has 7 atom stereocenters. The molecule has 0 spiro atoms. The Kier molecular flexibility index (Phi) is 4.00. The largest absolute Gasteiger partial charge is 0.281 e. The van der Waals surface area contributed by atoms with Crippen LogP contribution in [0.4, 0.5) is 0 Å². The minimum atomic E-state index is -0.0107. The van der Waals surface area contributed by atoms with E-state index < -0.39 is 0 Å². The van der Waals surface area contributed by atoms with E-state index in [-0.39, 0.29) is 5.54 Å². The average Bonchev–Trinajstić information content (AvgIpc) is 2.45. The van der Waals surface area contributed by atoms with Crippen LogP contribution in [0.5, 0.6) is 0 Å². The molecule has 0 heterocycles. The number of hydrogen-bond acceptors (Lipinski definition) is 0. The van der Waals surface area contributed by atoms with Gasteiger partial charge in [-0.1, -0.05) is 35.1 Å². The van der Waals surface area contributed by atoms with Crippen LogP contribution in [0.2, 0.25) is 0 Å². The van der Waals surface area contributed by atoms with Gasteiger partial charge in [-0.05, 0) is 69.6 Å². The molecule has 0 radical (unpaired) electrons. The van der Waals surface area contributed by atoms with Crippen LogP contribution in [0.25, 0.3) is 4.85 Å². The molecule has 2 saturated carbocycles. The van der Waals surface area contributed by atoms with Crippen molar-refractivity contribution in [2.75, 3.05) is 0 Å². The van der Waals surface area contributed by atoms with Crippen molar-refractivity contribution in [2.24, 2.45) is 35.5 Å². The van der Waals surface area contributed by atoms with E-state index >= 15 is 0 Å². The van der Waals surface area contributed by atoms with Gasteiger partial charge < -0.3 is 0 Å². The van der Waals surface area contributed by atoms with Crippen molar-refractivity contribution in [3.8, 4) is 6.57 Å². The lowest BCUT2D eigenvalue weighted by Gasteiger charge is -2.55. The zero-order valence-electron chi connectivity index (χ0n) is 15.0. The van der Waals surface area contributed by atoms with Gasteiger partial charge in [-0.3, -0.25) is 0 Å². The third-order valence-corrected chi connectivity index (χ3v) is 7.05. The lowest BCUT2D eigenvalue weighted by atomic mass is 9.47. The first-order valence-corrected chi connectivity index (χ1v) is 9.11. The Labute approximate surface area is 136 Å². The molecule has 3 aliphatic rings. The predicted molar refractivity (Wildman–Crippen MR) is 95.0 cm³/mol. The van der Waals surface area contributed by atoms with Crippen LogP contribution in [-0.4, -0.2) is 5.54 Å². The Morgan fingerprint density at radius 2 is 2.14 bits per heavy atom. The number of allylic oxidation sites excluding steroid dienone is 4. The Bertz CT molecular complexity index is 545. The molecule has 3 aliphatic carbocycles. The lowest BCUT2D eigenvalue weighted by Crippen LogP contribution is -2.54. The van der Waals surface area contributed by atoms with Crippen LogP contribution in [0.3, 0.4) is 0 Å². The van der Waals surface area contributed by atoms with Crippen molar-refractivity contribution in [3.63, 3.8) is 0 Å². The second kappa shape index (κ2) is 5.55. The van der Waals surface area contributed by atoms with Crippen molar-refractivity contribution in [2.45, 2.75) is 65.8 Å². The van der Waals surface area contributed by atoms with Crippen molar-refractivity contribution >= 4 is 0 Å². The quantitative estimate of drug-likeness (QED) is 0.528. The number of rotatable bonds is 1. The highest BCUT2D eigenvalue weighted by molar-refractivity contribution is 5.24. The topological polar surface area (TPSA) is 4.36 Å². The summed E-state index contributed by atoms with van der Waals surface area (Å²) in [7, 11) is 0. The molecule has 0 N–H and O–H groups in total. The molecule has 0 aromatic carbocycles. The molecule has 3 rings (SSSR count). The number of hydrogen-bond donors (Lipinski definition) is 0. The van der Waals surface area contributed by atoms with Gasteiger partial charge in [0, 0.05) is 19.3 Å². The lowest BCUT2D eigenvalue weighted by molar-refractivity contribution is -0.0266. The number of nitrogens with zero attached hydrogens (tertiary/aromatic N) is 1. The highest BCUT2D eigenvalue weighted by Gasteiger charge is 2.59. The molecule has 2 fully saturated rings. The van der Waals surface area contributed by atoms with E-state index in [4.69, 9.17) is 6.57 Å². The van der Waals surface area contributed by atoms with Gasteiger partial charge in [-0.15, -0.1) is 0 Å². The Morgan fingerprint density at radius 3 is 2.77 bits per heavy atom. The maximum atomic E-state index is 5.87. The fraction of sp³-hybridized carbons (Fsp3) is 0.762. The molecule has 0 aromatic heterocycles. The van der Waals surface area contributed by atoms with E-state index in [1.807, 2.05) is 0 Å². The Morgan fingerprint density at radius 1 is 1.41 bits per heavy atom. The smallest absolute Gasteiger partial charge is 0.0847 e. The molecule has 22 heavy (non-hydrogen) atoms. The summed E-state index contributed by atoms with van der Waals surface area (Å²) >= 11 is 0. The highest BCUT2D eigenvalue weighted by Crippen LogP contribution is 2.59. The summed E-state index contributed by atoms with van der Waals surface area (Å²) in [5.41, 5.74) is 3.08. The van der Waals surface area contributed by atoms with Gasteiger partial charge in [0.25, 0.3) is 12.1 Å². The molecule has 0 aromatic rings. The average molecular weight is 298 g/mol. The van der Waals surface area contributed by atoms with E-state index in [2.05, 4.69) is 51.6 Å². The third-order valence-electron chi connectivity index (χ3n) is 7.05. The Balaban J connectivity index is 2.05. The summed E-state index contributed by atoms with van der Waals surface area (Å²) < 4.78 is 0. The summed E-state index contributed by atoms with van der Waals surface area (Å²) in [6.45, 7) is 17.5. The SMILES string of the molecule is C#[N+]C1(C)CCC2C(C)CC(C=C(C)C)C3C(C)=CCC1C23. The van der Waals surface area contributed by atoms with Crippen molar-refractivity contribution < 1.29 is 0 Å². The minimum Gasteiger partial charge on any atom is -0.0847 e. The van der Waals surface area contributed by atoms with E-state index in [0.717, 1.165) is 23.7 Å². The second-order valence-electron chi connectivity index (χ2n) is 8.70. The first kappa shape index (κ1) is 15.9. The van der Waals surface area contributed by atoms with E-state index in [1.165, 1.54) is 31.3 Å². The predicted octanol–water partition coefficient (Wildman–Crippen LogP) is 5.94. The maximum absolute atomic E-state index is 5.87. The molecule has 0 amide bonds. The van der Waals surface area contributed by atoms with Crippen molar-refractivity contribution in [1.82, 2.24) is 0 Å². The first-order chi connectivity index (χ1) is 10.4. The summed E-state index contributed by atoms with van der Waals surface area (Å²) in [5.74, 6) is 4.55. The standard InChI is InChI=1S/C21H32N/c1-13(2)11-16-12-15(4)17-9-10-21(5,22-6)18-8-7-14(3)19(16)20(17)18/h6-7,11,15-20H,8-10,12H2,1-5H3/q+1. The van der Waals surface area contributed by atoms with Gasteiger partial charge in [0.2, 0.25) is 0 Å². The molecular formula is C21H32N+. The molecule has 0 bridgehead atoms. The fourth-order valence-electron chi connectivity index (χ4n) is 6.03. The minimum absolute atomic E-state index is 0.0107. The van der Waals surface area contributed by atoms with Gasteiger partial charge in [0.1, 0.15) is 0 Å². The van der Waals surface area contributed by atoms with Crippen LogP contribution in [-0.2, 0) is 0 Å². The maximum Gasteiger partial charge on any atom is 0.281 e. The monoisotopic (exact) mass is 298 g/mol. The van der Waals surface area contributed by atoms with E-state index in [9.17, 15) is 0 Å². The molecule has 120 valence electrons.